The molecule has 0 radical (unpaired) electrons. The Morgan fingerprint density at radius 1 is 1.21 bits per heavy atom. The van der Waals surface area contributed by atoms with Crippen LogP contribution in [-0.2, 0) is 20.1 Å². The lowest BCUT2D eigenvalue weighted by Gasteiger charge is -2.17. The maximum Gasteiger partial charge on any atom is 0.163 e. The Kier molecular flexibility index (Phi) is 3.95. The molecule has 0 unspecified atom stereocenters. The first-order valence-electron chi connectivity index (χ1n) is 6.07. The van der Waals surface area contributed by atoms with Crippen molar-refractivity contribution in [3.8, 4) is 0 Å². The summed E-state index contributed by atoms with van der Waals surface area (Å²) in [5.41, 5.74) is 0.688. The number of hydrogen-bond donors (Lipinski definition) is 0. The third kappa shape index (κ3) is 2.98. The third-order valence-electron chi connectivity index (χ3n) is 3.13. The molecule has 0 aliphatic heterocycles. The zero-order valence-corrected chi connectivity index (χ0v) is 11.3. The van der Waals surface area contributed by atoms with Gasteiger partial charge in [0.15, 0.2) is 11.6 Å². The quantitative estimate of drug-likeness (QED) is 0.847. The van der Waals surface area contributed by atoms with Crippen LogP contribution < -0.4 is 0 Å². The van der Waals surface area contributed by atoms with Crippen LogP contribution in [-0.4, -0.2) is 21.5 Å². The molecule has 2 aromatic rings. The summed E-state index contributed by atoms with van der Waals surface area (Å²) in [7, 11) is 3.76. The second-order valence-electron chi connectivity index (χ2n) is 4.80. The van der Waals surface area contributed by atoms with Crippen molar-refractivity contribution in [3.63, 3.8) is 0 Å². The molecule has 0 spiro atoms. The molecule has 0 aliphatic rings. The Balaban J connectivity index is 2.09. The van der Waals surface area contributed by atoms with E-state index in [1.807, 2.05) is 29.8 Å². The number of aromatic nitrogens is 2. The molecule has 5 heteroatoms. The number of hydrogen-bond acceptors (Lipinski definition) is 2. The van der Waals surface area contributed by atoms with Gasteiger partial charge in [-0.3, -0.25) is 4.90 Å². The van der Waals surface area contributed by atoms with Crippen LogP contribution in [0.25, 0.3) is 0 Å². The minimum absolute atomic E-state index is 0.327. The van der Waals surface area contributed by atoms with Crippen LogP contribution in [0.2, 0.25) is 0 Å². The summed E-state index contributed by atoms with van der Waals surface area (Å²) in [5.74, 6) is -0.634. The lowest BCUT2D eigenvalue weighted by Crippen LogP contribution is -2.20. The van der Waals surface area contributed by atoms with Crippen molar-refractivity contribution in [3.05, 3.63) is 53.1 Å². The maximum absolute atomic E-state index is 13.8. The average Bonchev–Trinajstić information content (AvgIpc) is 2.76. The number of halogens is 2. The number of benzene rings is 1. The molecule has 0 atom stereocenters. The first kappa shape index (κ1) is 13.7. The number of aryl methyl sites for hydroxylation is 2. The largest absolute Gasteiger partial charge is 0.337 e. The molecule has 0 saturated carbocycles. The Hall–Kier alpha value is -1.75. The molecule has 1 aromatic heterocycles. The van der Waals surface area contributed by atoms with E-state index in [1.54, 1.807) is 25.3 Å². The van der Waals surface area contributed by atoms with Crippen molar-refractivity contribution < 1.29 is 8.78 Å². The van der Waals surface area contributed by atoms with Crippen molar-refractivity contribution in [2.45, 2.75) is 20.0 Å². The molecule has 19 heavy (non-hydrogen) atoms. The summed E-state index contributed by atoms with van der Waals surface area (Å²) < 4.78 is 29.1. The van der Waals surface area contributed by atoms with Gasteiger partial charge in [0.25, 0.3) is 0 Å². The summed E-state index contributed by atoms with van der Waals surface area (Å²) in [6, 6.07) is 3.23. The van der Waals surface area contributed by atoms with E-state index in [1.165, 1.54) is 0 Å². The van der Waals surface area contributed by atoms with Crippen LogP contribution in [0.3, 0.4) is 0 Å². The fraction of sp³-hybridized carbons (Fsp3) is 0.357. The van der Waals surface area contributed by atoms with E-state index in [4.69, 9.17) is 0 Å². The van der Waals surface area contributed by atoms with Gasteiger partial charge < -0.3 is 4.57 Å². The van der Waals surface area contributed by atoms with Gasteiger partial charge in [-0.15, -0.1) is 0 Å². The highest BCUT2D eigenvalue weighted by atomic mass is 19.2. The highest BCUT2D eigenvalue weighted by molar-refractivity contribution is 5.25. The molecule has 0 amide bonds. The molecule has 1 aromatic carbocycles. The van der Waals surface area contributed by atoms with Gasteiger partial charge in [-0.25, -0.2) is 13.8 Å². The smallest absolute Gasteiger partial charge is 0.163 e. The zero-order valence-electron chi connectivity index (χ0n) is 11.3. The third-order valence-corrected chi connectivity index (χ3v) is 3.13. The zero-order chi connectivity index (χ0) is 14.0. The summed E-state index contributed by atoms with van der Waals surface area (Å²) in [4.78, 5) is 6.10. The Morgan fingerprint density at radius 3 is 2.58 bits per heavy atom. The van der Waals surface area contributed by atoms with Crippen LogP contribution in [0, 0.1) is 18.6 Å². The Bertz CT molecular complexity index is 578. The summed E-state index contributed by atoms with van der Waals surface area (Å²) in [5, 5.41) is 0. The second-order valence-corrected chi connectivity index (χ2v) is 4.80. The lowest BCUT2D eigenvalue weighted by atomic mass is 10.1. The Labute approximate surface area is 111 Å². The molecular weight excluding hydrogens is 248 g/mol. The number of rotatable bonds is 4. The highest BCUT2D eigenvalue weighted by Crippen LogP contribution is 2.17. The average molecular weight is 265 g/mol. The summed E-state index contributed by atoms with van der Waals surface area (Å²) >= 11 is 0. The van der Waals surface area contributed by atoms with Gasteiger partial charge in [-0.2, -0.15) is 0 Å². The van der Waals surface area contributed by atoms with E-state index in [0.717, 1.165) is 5.82 Å². The topological polar surface area (TPSA) is 21.1 Å². The molecule has 0 fully saturated rings. The lowest BCUT2D eigenvalue weighted by molar-refractivity contribution is 0.300. The van der Waals surface area contributed by atoms with Crippen molar-refractivity contribution in [1.29, 1.82) is 0 Å². The van der Waals surface area contributed by atoms with Crippen LogP contribution >= 0.6 is 0 Å². The van der Waals surface area contributed by atoms with Crippen LogP contribution in [0.1, 0.15) is 17.0 Å². The molecule has 2 rings (SSSR count). The van der Waals surface area contributed by atoms with E-state index < -0.39 is 11.6 Å². The molecule has 102 valence electrons. The monoisotopic (exact) mass is 265 g/mol. The fourth-order valence-corrected chi connectivity index (χ4v) is 1.95. The molecule has 0 aliphatic carbocycles. The SMILES string of the molecule is Cc1ccc(CN(C)Cc2nccn2C)c(F)c1F. The summed E-state index contributed by atoms with van der Waals surface area (Å²) in [6.07, 6.45) is 3.57. The van der Waals surface area contributed by atoms with E-state index in [2.05, 4.69) is 4.98 Å². The number of imidazole rings is 1. The van der Waals surface area contributed by atoms with Crippen LogP contribution in [0.4, 0.5) is 8.78 Å². The van der Waals surface area contributed by atoms with Crippen molar-refractivity contribution in [1.82, 2.24) is 14.5 Å². The standard InChI is InChI=1S/C14H17F2N3/c1-10-4-5-11(14(16)13(10)15)8-18(2)9-12-17-6-7-19(12)3/h4-7H,8-9H2,1-3H3. The predicted molar refractivity (Wildman–Crippen MR) is 69.5 cm³/mol. The van der Waals surface area contributed by atoms with Gasteiger partial charge in [-0.05, 0) is 19.5 Å². The normalized spacial score (nSPS) is 11.3. The van der Waals surface area contributed by atoms with Gasteiger partial charge in [0.05, 0.1) is 6.54 Å². The van der Waals surface area contributed by atoms with Gasteiger partial charge >= 0.3 is 0 Å². The van der Waals surface area contributed by atoms with Gasteiger partial charge in [-0.1, -0.05) is 12.1 Å². The van der Waals surface area contributed by atoms with Crippen molar-refractivity contribution in [2.24, 2.45) is 7.05 Å². The van der Waals surface area contributed by atoms with Crippen molar-refractivity contribution in [2.75, 3.05) is 7.05 Å². The fourth-order valence-electron chi connectivity index (χ4n) is 1.95. The predicted octanol–water partition coefficient (Wildman–Crippen LogP) is 2.64. The molecule has 0 N–H and O–H groups in total. The van der Waals surface area contributed by atoms with Crippen molar-refractivity contribution >= 4 is 0 Å². The van der Waals surface area contributed by atoms with E-state index in [0.29, 0.717) is 24.2 Å². The molecule has 0 bridgehead atoms. The molecule has 0 saturated heterocycles. The van der Waals surface area contributed by atoms with E-state index >= 15 is 0 Å². The molecule has 1 heterocycles. The minimum atomic E-state index is -0.761. The first-order chi connectivity index (χ1) is 8.99. The highest BCUT2D eigenvalue weighted by Gasteiger charge is 2.13. The molecule has 3 nitrogen and oxygen atoms in total. The molecular formula is C14H17F2N3. The first-order valence-corrected chi connectivity index (χ1v) is 6.07. The Morgan fingerprint density at radius 2 is 1.95 bits per heavy atom. The number of nitrogens with zero attached hydrogens (tertiary/aromatic N) is 3. The van der Waals surface area contributed by atoms with E-state index in [-0.39, 0.29) is 0 Å². The van der Waals surface area contributed by atoms with Crippen LogP contribution in [0.15, 0.2) is 24.5 Å². The second kappa shape index (κ2) is 5.48. The van der Waals surface area contributed by atoms with Gasteiger partial charge in [0, 0.05) is 31.5 Å². The van der Waals surface area contributed by atoms with Gasteiger partial charge in [0.1, 0.15) is 5.82 Å². The van der Waals surface area contributed by atoms with Gasteiger partial charge in [0.2, 0.25) is 0 Å². The summed E-state index contributed by atoms with van der Waals surface area (Å²) in [6.45, 7) is 2.48. The van der Waals surface area contributed by atoms with E-state index in [9.17, 15) is 8.78 Å². The maximum atomic E-state index is 13.8. The minimum Gasteiger partial charge on any atom is -0.337 e. The van der Waals surface area contributed by atoms with Crippen LogP contribution in [0.5, 0.6) is 0 Å².